The van der Waals surface area contributed by atoms with E-state index in [1.54, 1.807) is 35.3 Å². The van der Waals surface area contributed by atoms with Crippen molar-refractivity contribution in [1.82, 2.24) is 24.8 Å². The third kappa shape index (κ3) is 4.60. The smallest absolute Gasteiger partial charge is 0.225 e. The van der Waals surface area contributed by atoms with Crippen LogP contribution in [0.25, 0.3) is 0 Å². The van der Waals surface area contributed by atoms with E-state index >= 15 is 0 Å². The van der Waals surface area contributed by atoms with E-state index in [2.05, 4.69) is 15.3 Å². The van der Waals surface area contributed by atoms with Gasteiger partial charge in [0.2, 0.25) is 11.8 Å². The van der Waals surface area contributed by atoms with E-state index in [-0.39, 0.29) is 24.2 Å². The maximum Gasteiger partial charge on any atom is 0.225 e. The summed E-state index contributed by atoms with van der Waals surface area (Å²) in [7, 11) is 1.94. The fraction of sp³-hybridized carbons (Fsp3) is 0.412. The highest BCUT2D eigenvalue weighted by Gasteiger charge is 2.34. The number of carbonyl (C=O) groups excluding carboxylic acids is 2. The minimum atomic E-state index is -0.276. The van der Waals surface area contributed by atoms with Gasteiger partial charge in [-0.1, -0.05) is 17.8 Å². The van der Waals surface area contributed by atoms with Crippen LogP contribution >= 0.6 is 11.8 Å². The van der Waals surface area contributed by atoms with Gasteiger partial charge in [-0.05, 0) is 11.6 Å². The number of nitrogens with one attached hydrogen (secondary N) is 1. The number of carbonyl (C=O) groups is 2. The van der Waals surface area contributed by atoms with Gasteiger partial charge >= 0.3 is 0 Å². The van der Waals surface area contributed by atoms with Gasteiger partial charge in [-0.25, -0.2) is 4.98 Å². The van der Waals surface area contributed by atoms with Crippen molar-refractivity contribution in [3.8, 4) is 0 Å². The third-order valence-corrected chi connectivity index (χ3v) is 5.15. The minimum absolute atomic E-state index is 0.0198. The molecule has 0 bridgehead atoms. The summed E-state index contributed by atoms with van der Waals surface area (Å²) in [6.45, 7) is 1.53. The molecular weight excluding hydrogens is 338 g/mol. The summed E-state index contributed by atoms with van der Waals surface area (Å²) in [5, 5.41) is 3.85. The molecule has 1 aliphatic rings. The van der Waals surface area contributed by atoms with Crippen molar-refractivity contribution in [2.45, 2.75) is 18.1 Å². The third-order valence-electron chi connectivity index (χ3n) is 4.09. The molecule has 1 aliphatic heterocycles. The molecule has 0 unspecified atom stereocenters. The van der Waals surface area contributed by atoms with Crippen LogP contribution in [-0.4, -0.2) is 50.1 Å². The molecule has 25 heavy (non-hydrogen) atoms. The van der Waals surface area contributed by atoms with E-state index < -0.39 is 0 Å². The summed E-state index contributed by atoms with van der Waals surface area (Å²) in [6, 6.07) is 3.78. The highest BCUT2D eigenvalue weighted by molar-refractivity contribution is 7.99. The second kappa shape index (κ2) is 8.15. The first-order valence-electron chi connectivity index (χ1n) is 8.18. The molecule has 0 spiro atoms. The van der Waals surface area contributed by atoms with Gasteiger partial charge in [-0.2, -0.15) is 0 Å². The Morgan fingerprint density at radius 1 is 1.44 bits per heavy atom. The Balaban J connectivity index is 1.42. The van der Waals surface area contributed by atoms with Crippen molar-refractivity contribution in [2.24, 2.45) is 13.0 Å². The quantitative estimate of drug-likeness (QED) is 0.591. The molecule has 132 valence electrons. The predicted octanol–water partition coefficient (Wildman–Crippen LogP) is 1.07. The number of amides is 2. The monoisotopic (exact) mass is 359 g/mol. The predicted molar refractivity (Wildman–Crippen MR) is 94.7 cm³/mol. The average Bonchev–Trinajstić information content (AvgIpc) is 3.18. The normalized spacial score (nSPS) is 17.1. The molecule has 3 rings (SSSR count). The van der Waals surface area contributed by atoms with Crippen molar-refractivity contribution in [1.29, 1.82) is 0 Å². The lowest BCUT2D eigenvalue weighted by Crippen LogP contribution is -2.34. The summed E-state index contributed by atoms with van der Waals surface area (Å²) >= 11 is 1.59. The highest BCUT2D eigenvalue weighted by atomic mass is 32.2. The average molecular weight is 359 g/mol. The zero-order valence-electron chi connectivity index (χ0n) is 14.1. The topological polar surface area (TPSA) is 80.1 Å². The molecule has 1 N–H and O–H groups in total. The van der Waals surface area contributed by atoms with Crippen LogP contribution in [0, 0.1) is 5.92 Å². The molecule has 7 nitrogen and oxygen atoms in total. The minimum Gasteiger partial charge on any atom is -0.355 e. The van der Waals surface area contributed by atoms with E-state index in [9.17, 15) is 9.59 Å². The lowest BCUT2D eigenvalue weighted by atomic mass is 10.1. The standard InChI is InChI=1S/C17H21N5O2S/c1-21-7-5-20-17(21)25-8-6-19-16(24)14-9-15(23)22(12-14)11-13-3-2-4-18-10-13/h2-5,7,10,14H,6,8-9,11-12H2,1H3,(H,19,24)/t14-/m0/s1. The number of hydrogen-bond acceptors (Lipinski definition) is 5. The van der Waals surface area contributed by atoms with Crippen LogP contribution in [-0.2, 0) is 23.2 Å². The van der Waals surface area contributed by atoms with Gasteiger partial charge in [-0.3, -0.25) is 14.6 Å². The SMILES string of the molecule is Cn1ccnc1SCCNC(=O)[C@H]1CC(=O)N(Cc2cccnc2)C1. The Kier molecular flexibility index (Phi) is 5.70. The number of rotatable bonds is 7. The number of pyridine rings is 1. The van der Waals surface area contributed by atoms with Crippen molar-refractivity contribution < 1.29 is 9.59 Å². The second-order valence-corrected chi connectivity index (χ2v) is 7.06. The van der Waals surface area contributed by atoms with Crippen molar-refractivity contribution in [2.75, 3.05) is 18.8 Å². The van der Waals surface area contributed by atoms with Crippen LogP contribution < -0.4 is 5.32 Å². The molecule has 8 heteroatoms. The van der Waals surface area contributed by atoms with Gasteiger partial charge < -0.3 is 14.8 Å². The van der Waals surface area contributed by atoms with Crippen molar-refractivity contribution >= 4 is 23.6 Å². The zero-order chi connectivity index (χ0) is 17.6. The van der Waals surface area contributed by atoms with Gasteiger partial charge in [0.1, 0.15) is 0 Å². The lowest BCUT2D eigenvalue weighted by Gasteiger charge is -2.16. The van der Waals surface area contributed by atoms with Crippen molar-refractivity contribution in [3.05, 3.63) is 42.5 Å². The molecule has 3 heterocycles. The fourth-order valence-corrected chi connectivity index (χ4v) is 3.55. The van der Waals surface area contributed by atoms with Crippen LogP contribution in [0.1, 0.15) is 12.0 Å². The van der Waals surface area contributed by atoms with E-state index in [0.717, 1.165) is 16.5 Å². The molecule has 0 aliphatic carbocycles. The molecular formula is C17H21N5O2S. The Morgan fingerprint density at radius 2 is 2.32 bits per heavy atom. The number of thioether (sulfide) groups is 1. The lowest BCUT2D eigenvalue weighted by molar-refractivity contribution is -0.129. The number of imidazole rings is 1. The molecule has 2 aromatic rings. The van der Waals surface area contributed by atoms with Crippen LogP contribution in [0.3, 0.4) is 0 Å². The van der Waals surface area contributed by atoms with Gasteiger partial charge in [0.15, 0.2) is 5.16 Å². The summed E-state index contributed by atoms with van der Waals surface area (Å²) in [5.74, 6) is 0.438. The van der Waals surface area contributed by atoms with Gasteiger partial charge in [0, 0.05) is 63.6 Å². The number of likely N-dealkylation sites (tertiary alicyclic amines) is 1. The molecule has 0 aromatic carbocycles. The molecule has 0 saturated carbocycles. The summed E-state index contributed by atoms with van der Waals surface area (Å²) < 4.78 is 1.94. The van der Waals surface area contributed by atoms with Gasteiger partial charge in [0.05, 0.1) is 5.92 Å². The molecule has 2 aromatic heterocycles. The zero-order valence-corrected chi connectivity index (χ0v) is 14.9. The van der Waals surface area contributed by atoms with Crippen LogP contribution in [0.15, 0.2) is 42.1 Å². The van der Waals surface area contributed by atoms with Crippen LogP contribution in [0.2, 0.25) is 0 Å². The Bertz CT molecular complexity index is 734. The van der Waals surface area contributed by atoms with E-state index in [0.29, 0.717) is 19.6 Å². The summed E-state index contributed by atoms with van der Waals surface area (Å²) in [4.78, 5) is 34.4. The Morgan fingerprint density at radius 3 is 3.04 bits per heavy atom. The molecule has 1 saturated heterocycles. The largest absolute Gasteiger partial charge is 0.355 e. The first-order chi connectivity index (χ1) is 12.1. The second-order valence-electron chi connectivity index (χ2n) is 6.00. The van der Waals surface area contributed by atoms with E-state index in [4.69, 9.17) is 0 Å². The highest BCUT2D eigenvalue weighted by Crippen LogP contribution is 2.20. The number of hydrogen-bond donors (Lipinski definition) is 1. The first kappa shape index (κ1) is 17.5. The fourth-order valence-electron chi connectivity index (χ4n) is 2.76. The van der Waals surface area contributed by atoms with E-state index in [1.165, 1.54) is 0 Å². The van der Waals surface area contributed by atoms with Gasteiger partial charge in [0.25, 0.3) is 0 Å². The van der Waals surface area contributed by atoms with Gasteiger partial charge in [-0.15, -0.1) is 0 Å². The number of aryl methyl sites for hydroxylation is 1. The number of aromatic nitrogens is 3. The van der Waals surface area contributed by atoms with E-state index in [1.807, 2.05) is 29.9 Å². The molecule has 1 fully saturated rings. The maximum absolute atomic E-state index is 12.3. The maximum atomic E-state index is 12.3. The Labute approximate surface area is 150 Å². The summed E-state index contributed by atoms with van der Waals surface area (Å²) in [6.07, 6.45) is 7.37. The first-order valence-corrected chi connectivity index (χ1v) is 9.16. The summed E-state index contributed by atoms with van der Waals surface area (Å²) in [5.41, 5.74) is 0.975. The molecule has 0 radical (unpaired) electrons. The van der Waals surface area contributed by atoms with Crippen molar-refractivity contribution in [3.63, 3.8) is 0 Å². The number of nitrogens with zero attached hydrogens (tertiary/aromatic N) is 4. The Hall–Kier alpha value is -2.35. The molecule has 2 amide bonds. The van der Waals surface area contributed by atoms with Crippen LogP contribution in [0.5, 0.6) is 0 Å². The molecule has 1 atom stereocenters. The van der Waals surface area contributed by atoms with Crippen LogP contribution in [0.4, 0.5) is 0 Å².